The van der Waals surface area contributed by atoms with Crippen LogP contribution in [0.3, 0.4) is 0 Å². The average molecular weight is 1780 g/mol. The second-order valence-corrected chi connectivity index (χ2v) is 29.4. The number of anilines is 5. The second kappa shape index (κ2) is 34.5. The van der Waals surface area contributed by atoms with E-state index < -0.39 is 5.56 Å². The van der Waals surface area contributed by atoms with Crippen LogP contribution in [0, 0.1) is 34.0 Å². The van der Waals surface area contributed by atoms with E-state index in [1.807, 2.05) is 160 Å². The van der Waals surface area contributed by atoms with Crippen molar-refractivity contribution in [1.82, 2.24) is 109 Å². The summed E-state index contributed by atoms with van der Waals surface area (Å²) in [6.45, 7) is 0. The maximum absolute atomic E-state index is 12.0. The SMILES string of the molecule is Cn1ccc(-c2nc(N)c(Br)nc2-c2cc(Cl)c3ncoc3c2)n1.Cn1ccc(-c2nc(N)c(C#N)nc2-c2cc(Cl)c3[nH]ccc3c2)n1.Cn1ccc(-c2nc(N)c(C#N)nc2-c2cc(Cl)c3ncoc3c2)n1.N#Cc1nc(-c2cc(Cl)c3ncccc3c2)c(-n2cccc2)nc1N.Nc1nc(-c2ccccc2)c(-c2ccc3c(=O)[nH]ccc3c2)[nH]c1=O. The van der Waals surface area contributed by atoms with Gasteiger partial charge in [0.15, 0.2) is 75.9 Å². The third-order valence-corrected chi connectivity index (χ3v) is 20.6. The topological polar surface area (TPSA) is 522 Å². The number of nitrogens with one attached hydrogen (secondary N) is 3. The first-order valence-corrected chi connectivity index (χ1v) is 38.9. The van der Waals surface area contributed by atoms with Gasteiger partial charge in [0.1, 0.15) is 85.1 Å². The number of rotatable bonds is 10. The van der Waals surface area contributed by atoms with Gasteiger partial charge in [-0.25, -0.2) is 54.8 Å². The number of aromatic nitrogens is 22. The third kappa shape index (κ3) is 16.6. The minimum absolute atomic E-state index is 0.0310. The number of aromatic amines is 3. The highest BCUT2D eigenvalue weighted by molar-refractivity contribution is 9.10. The van der Waals surface area contributed by atoms with Crippen LogP contribution in [-0.2, 0) is 21.1 Å². The number of halogens is 5. The molecular weight excluding hydrogens is 1730 g/mol. The van der Waals surface area contributed by atoms with Crippen LogP contribution in [0.4, 0.5) is 29.1 Å². The molecule has 39 heteroatoms. The van der Waals surface area contributed by atoms with Crippen molar-refractivity contribution in [2.75, 3.05) is 28.7 Å². The van der Waals surface area contributed by atoms with Gasteiger partial charge in [0.25, 0.3) is 11.1 Å². The lowest BCUT2D eigenvalue weighted by Gasteiger charge is -2.12. The molecule has 13 N–H and O–H groups in total. The smallest absolute Gasteiger partial charge is 0.290 e. The molecule has 0 amide bonds. The number of nitrogen functional groups attached to an aromatic ring is 5. The van der Waals surface area contributed by atoms with Crippen molar-refractivity contribution in [2.24, 2.45) is 21.1 Å². The Morgan fingerprint density at radius 2 is 0.879 bits per heavy atom. The summed E-state index contributed by atoms with van der Waals surface area (Å²) in [6.07, 6.45) is 16.8. The molecule has 20 aromatic rings. The van der Waals surface area contributed by atoms with Gasteiger partial charge in [-0.05, 0) is 131 Å². The first-order valence-electron chi connectivity index (χ1n) is 36.6. The molecule has 20 rings (SSSR count). The van der Waals surface area contributed by atoms with Crippen LogP contribution < -0.4 is 39.8 Å². The van der Waals surface area contributed by atoms with Crippen LogP contribution in [0.2, 0.25) is 20.1 Å². The Kier molecular flexibility index (Phi) is 22.7. The lowest BCUT2D eigenvalue weighted by Crippen LogP contribution is -2.16. The van der Waals surface area contributed by atoms with Crippen LogP contribution >= 0.6 is 62.3 Å². The first kappa shape index (κ1) is 81.4. The molecule has 0 fully saturated rings. The summed E-state index contributed by atoms with van der Waals surface area (Å²) in [5.74, 6) is 0.926. The molecule has 0 saturated carbocycles. The lowest BCUT2D eigenvalue weighted by molar-refractivity contribution is 0.602. The number of nitriles is 3. The van der Waals surface area contributed by atoms with E-state index in [-0.39, 0.29) is 51.7 Å². The van der Waals surface area contributed by atoms with Gasteiger partial charge in [-0.2, -0.15) is 31.1 Å². The van der Waals surface area contributed by atoms with E-state index in [2.05, 4.69) is 106 Å². The normalized spacial score (nSPS) is 10.9. The fourth-order valence-electron chi connectivity index (χ4n) is 13.1. The Labute approximate surface area is 726 Å². The van der Waals surface area contributed by atoms with Crippen LogP contribution in [0.25, 0.3) is 162 Å². The van der Waals surface area contributed by atoms with Gasteiger partial charge < -0.3 is 57.0 Å². The van der Waals surface area contributed by atoms with E-state index >= 15 is 0 Å². The Morgan fingerprint density at radius 3 is 1.44 bits per heavy atom. The zero-order chi connectivity index (χ0) is 86.7. The maximum Gasteiger partial charge on any atom is 0.290 e. The average Bonchev–Trinajstić information content (AvgIpc) is 1.57. The molecule has 0 aliphatic heterocycles. The Hall–Kier alpha value is -16.4. The van der Waals surface area contributed by atoms with Crippen molar-refractivity contribution in [3.8, 4) is 126 Å². The monoisotopic (exact) mass is 1780 g/mol. The number of nitrogens with two attached hydrogens (primary N) is 5. The van der Waals surface area contributed by atoms with Crippen molar-refractivity contribution in [1.29, 1.82) is 15.8 Å². The van der Waals surface area contributed by atoms with Crippen LogP contribution in [-0.4, -0.2) is 109 Å². The molecule has 0 atom stereocenters. The van der Waals surface area contributed by atoms with Gasteiger partial charge in [-0.15, -0.1) is 0 Å². The number of aryl methyl sites for hydroxylation is 3. The molecule has 14 aromatic heterocycles. The van der Waals surface area contributed by atoms with Crippen LogP contribution in [0.1, 0.15) is 17.1 Å². The predicted octanol–water partition coefficient (Wildman–Crippen LogP) is 15.7. The van der Waals surface area contributed by atoms with Gasteiger partial charge in [0, 0.05) is 120 Å². The van der Waals surface area contributed by atoms with E-state index in [4.69, 9.17) is 83.9 Å². The van der Waals surface area contributed by atoms with Crippen molar-refractivity contribution >= 4 is 146 Å². The maximum atomic E-state index is 12.0. The lowest BCUT2D eigenvalue weighted by atomic mass is 10.0. The number of hydrogen-bond donors (Lipinski definition) is 8. The van der Waals surface area contributed by atoms with Crippen molar-refractivity contribution in [3.05, 3.63) is 277 Å². The summed E-state index contributed by atoms with van der Waals surface area (Å²) in [5.41, 5.74) is 43.5. The Morgan fingerprint density at radius 1 is 0.403 bits per heavy atom. The van der Waals surface area contributed by atoms with Crippen molar-refractivity contribution in [2.45, 2.75) is 0 Å². The van der Waals surface area contributed by atoms with Gasteiger partial charge in [0.2, 0.25) is 0 Å². The second-order valence-electron chi connectivity index (χ2n) is 27.0. The molecule has 124 heavy (non-hydrogen) atoms. The molecular formula is C85H57BrCl4N30O4. The number of benzene rings is 6. The molecule has 14 heterocycles. The minimum Gasteiger partial charge on any atom is -0.443 e. The largest absolute Gasteiger partial charge is 0.443 e. The summed E-state index contributed by atoms with van der Waals surface area (Å²) in [7, 11) is 5.43. The zero-order valence-electron chi connectivity index (χ0n) is 64.5. The number of oxazole rings is 2. The highest BCUT2D eigenvalue weighted by Crippen LogP contribution is 2.41. The molecule has 0 radical (unpaired) electrons. The number of H-pyrrole nitrogens is 3. The number of hydrogen-bond acceptors (Lipinski definition) is 27. The van der Waals surface area contributed by atoms with E-state index in [0.29, 0.717) is 138 Å². The summed E-state index contributed by atoms with van der Waals surface area (Å²) in [4.78, 5) is 84.4. The molecule has 6 aromatic carbocycles. The van der Waals surface area contributed by atoms with Gasteiger partial charge in [-0.1, -0.05) is 88.9 Å². The number of fused-ring (bicyclic) bond motifs is 5. The highest BCUT2D eigenvalue weighted by Gasteiger charge is 2.25. The van der Waals surface area contributed by atoms with Crippen molar-refractivity contribution < 1.29 is 8.83 Å². The van der Waals surface area contributed by atoms with E-state index in [1.165, 1.54) is 12.8 Å². The van der Waals surface area contributed by atoms with Crippen molar-refractivity contribution in [3.63, 3.8) is 0 Å². The quantitative estimate of drug-likeness (QED) is 0.0630. The standard InChI is InChI=1S/C19H14N4O2.C18H11ClN6.C17H12ClN7.C16H10ClN7O.C15H10BrClN6O/c20-17-19(25)23-16(15(22-17)11-4-2-1-3-5-11)13-6-7-14-12(10-13)8-9-21-18(14)24;19-13-9-12(8-11-4-3-5-22-15(11)13)16-18(25-6-1-2-7-25)24-17(21)14(10-20)23-16;1-25-5-3-12(24-25)16-15(22-13(8-19)17(20)23-16)10-6-9-2-4-21-14(9)11(18)7-10;1-24-3-2-10(23-24)15-13(21-11(6-18)16(19)22-15)8-4-9(17)14-12(5-8)25-7-20-14;1-23-3-2-9(22-23)13-11(20-14(16)15(18)21-13)7-4-8(17)12-10(5-7)24-6-19-12/h1-10H,(H2,20,22)(H,21,24)(H,23,25);1-9H,(H2,21,24);2-7,21H,1H3,(H2,20,23);2-5,7H,1H3,(H2,19,22);2-6H,1H3,(H2,18,21). The fraction of sp³-hybridized carbons (Fsp3) is 0.0353. The predicted molar refractivity (Wildman–Crippen MR) is 476 cm³/mol. The van der Waals surface area contributed by atoms with Crippen LogP contribution in [0.5, 0.6) is 0 Å². The summed E-state index contributed by atoms with van der Waals surface area (Å²) >= 11 is 28.7. The molecule has 0 spiro atoms. The van der Waals surface area contributed by atoms with Crippen LogP contribution in [0.15, 0.2) is 237 Å². The summed E-state index contributed by atoms with van der Waals surface area (Å²) in [6, 6.07) is 51.8. The number of nitrogens with zero attached hydrogens (tertiary/aromatic N) is 22. The summed E-state index contributed by atoms with van der Waals surface area (Å²) in [5, 5.41) is 46.0. The Bertz CT molecular complexity index is 7650. The molecule has 34 nitrogen and oxygen atoms in total. The molecule has 0 bridgehead atoms. The van der Waals surface area contributed by atoms with Gasteiger partial charge in [0.05, 0.1) is 48.2 Å². The molecule has 0 aliphatic carbocycles. The molecule has 606 valence electrons. The van der Waals surface area contributed by atoms with E-state index in [0.717, 1.165) is 49.5 Å². The molecule has 0 aliphatic rings. The molecule has 0 saturated heterocycles. The third-order valence-electron chi connectivity index (χ3n) is 18.9. The van der Waals surface area contributed by atoms with Gasteiger partial charge >= 0.3 is 0 Å². The van der Waals surface area contributed by atoms with E-state index in [9.17, 15) is 25.4 Å². The molecule has 0 unspecified atom stereocenters. The Balaban J connectivity index is 0.000000115. The summed E-state index contributed by atoms with van der Waals surface area (Å²) < 4.78 is 17.9. The van der Waals surface area contributed by atoms with Gasteiger partial charge in [-0.3, -0.25) is 28.6 Å². The van der Waals surface area contributed by atoms with E-state index in [1.54, 1.807) is 99.0 Å². The highest BCUT2D eigenvalue weighted by atomic mass is 79.9. The number of pyridine rings is 2. The fourth-order valence-corrected chi connectivity index (χ4v) is 14.5. The first-order chi connectivity index (χ1) is 60.0. The zero-order valence-corrected chi connectivity index (χ0v) is 69.1. The minimum atomic E-state index is -0.444.